The SMILES string of the molecule is Cc1cccc(Cl)c1NS(=O)(=O)c1ccc(Br)cc1Br. The molecule has 0 aliphatic carbocycles. The minimum absolute atomic E-state index is 0.153. The number of benzene rings is 2. The zero-order valence-electron chi connectivity index (χ0n) is 10.3. The van der Waals surface area contributed by atoms with Gasteiger partial charge in [0.25, 0.3) is 10.0 Å². The first-order chi connectivity index (χ1) is 9.31. The summed E-state index contributed by atoms with van der Waals surface area (Å²) in [6, 6.07) is 10.1. The molecule has 0 atom stereocenters. The second-order valence-electron chi connectivity index (χ2n) is 4.11. The number of nitrogens with one attached hydrogen (secondary N) is 1. The van der Waals surface area contributed by atoms with Crippen LogP contribution in [0.3, 0.4) is 0 Å². The van der Waals surface area contributed by atoms with E-state index < -0.39 is 10.0 Å². The first-order valence-corrected chi connectivity index (χ1v) is 8.99. The van der Waals surface area contributed by atoms with E-state index in [2.05, 4.69) is 36.6 Å². The lowest BCUT2D eigenvalue weighted by molar-refractivity contribution is 0.600. The van der Waals surface area contributed by atoms with Crippen molar-refractivity contribution in [1.29, 1.82) is 0 Å². The van der Waals surface area contributed by atoms with Gasteiger partial charge < -0.3 is 0 Å². The third-order valence-electron chi connectivity index (χ3n) is 2.64. The molecule has 20 heavy (non-hydrogen) atoms. The minimum atomic E-state index is -3.71. The Morgan fingerprint density at radius 1 is 1.15 bits per heavy atom. The zero-order valence-corrected chi connectivity index (χ0v) is 15.1. The van der Waals surface area contributed by atoms with Crippen LogP contribution in [0.2, 0.25) is 5.02 Å². The van der Waals surface area contributed by atoms with Crippen LogP contribution in [0.5, 0.6) is 0 Å². The van der Waals surface area contributed by atoms with Gasteiger partial charge in [-0.3, -0.25) is 4.72 Å². The van der Waals surface area contributed by atoms with Gasteiger partial charge in [0.15, 0.2) is 0 Å². The topological polar surface area (TPSA) is 46.2 Å². The van der Waals surface area contributed by atoms with E-state index in [9.17, 15) is 8.42 Å². The predicted molar refractivity (Wildman–Crippen MR) is 88.8 cm³/mol. The van der Waals surface area contributed by atoms with Crippen LogP contribution >= 0.6 is 43.5 Å². The molecule has 0 saturated carbocycles. The summed E-state index contributed by atoms with van der Waals surface area (Å²) in [5.41, 5.74) is 1.15. The Labute approximate surface area is 139 Å². The van der Waals surface area contributed by atoms with Gasteiger partial charge in [-0.1, -0.05) is 39.7 Å². The molecule has 0 aromatic heterocycles. The number of halogens is 3. The molecule has 0 aliphatic rings. The molecule has 0 unspecified atom stereocenters. The average molecular weight is 440 g/mol. The molecule has 0 bridgehead atoms. The van der Waals surface area contributed by atoms with Crippen LogP contribution in [0, 0.1) is 6.92 Å². The quantitative estimate of drug-likeness (QED) is 0.734. The number of sulfonamides is 1. The van der Waals surface area contributed by atoms with Gasteiger partial charge in [0.2, 0.25) is 0 Å². The van der Waals surface area contributed by atoms with Gasteiger partial charge in [-0.05, 0) is 52.7 Å². The van der Waals surface area contributed by atoms with E-state index in [4.69, 9.17) is 11.6 Å². The predicted octanol–water partition coefficient (Wildman–Crippen LogP) is 4.97. The summed E-state index contributed by atoms with van der Waals surface area (Å²) >= 11 is 12.6. The number of para-hydroxylation sites is 1. The van der Waals surface area contributed by atoms with E-state index in [1.165, 1.54) is 6.07 Å². The second-order valence-corrected chi connectivity index (χ2v) is 7.94. The molecule has 7 heteroatoms. The highest BCUT2D eigenvalue weighted by atomic mass is 79.9. The molecule has 2 aromatic carbocycles. The maximum absolute atomic E-state index is 12.4. The summed E-state index contributed by atoms with van der Waals surface area (Å²) < 4.78 is 28.6. The molecule has 1 N–H and O–H groups in total. The Kier molecular flexibility index (Phi) is 4.79. The van der Waals surface area contributed by atoms with Crippen LogP contribution in [0.15, 0.2) is 50.2 Å². The molecule has 2 rings (SSSR count). The van der Waals surface area contributed by atoms with Crippen molar-refractivity contribution in [3.05, 3.63) is 55.9 Å². The second kappa shape index (κ2) is 6.05. The number of hydrogen-bond donors (Lipinski definition) is 1. The van der Waals surface area contributed by atoms with Gasteiger partial charge in [-0.15, -0.1) is 0 Å². The third kappa shape index (κ3) is 3.36. The Morgan fingerprint density at radius 2 is 1.85 bits per heavy atom. The maximum Gasteiger partial charge on any atom is 0.263 e. The molecular weight excluding hydrogens is 429 g/mol. The molecular formula is C13H10Br2ClNO2S. The van der Waals surface area contributed by atoms with E-state index in [1.54, 1.807) is 37.3 Å². The van der Waals surface area contributed by atoms with Crippen LogP contribution in [0.25, 0.3) is 0 Å². The van der Waals surface area contributed by atoms with Crippen molar-refractivity contribution in [2.45, 2.75) is 11.8 Å². The molecule has 2 aromatic rings. The number of hydrogen-bond acceptors (Lipinski definition) is 2. The van der Waals surface area contributed by atoms with E-state index >= 15 is 0 Å². The summed E-state index contributed by atoms with van der Waals surface area (Å²) in [5, 5.41) is 0.363. The van der Waals surface area contributed by atoms with Crippen LogP contribution in [0.4, 0.5) is 5.69 Å². The van der Waals surface area contributed by atoms with Crippen LogP contribution in [-0.2, 0) is 10.0 Å². The molecule has 0 saturated heterocycles. The maximum atomic E-state index is 12.4. The van der Waals surface area contributed by atoms with E-state index in [0.717, 1.165) is 10.0 Å². The highest BCUT2D eigenvalue weighted by molar-refractivity contribution is 9.11. The molecule has 0 aliphatic heterocycles. The molecule has 3 nitrogen and oxygen atoms in total. The fourth-order valence-electron chi connectivity index (χ4n) is 1.64. The van der Waals surface area contributed by atoms with Crippen molar-refractivity contribution in [3.63, 3.8) is 0 Å². The van der Waals surface area contributed by atoms with Crippen LogP contribution in [0.1, 0.15) is 5.56 Å². The van der Waals surface area contributed by atoms with Crippen molar-refractivity contribution in [2.24, 2.45) is 0 Å². The summed E-state index contributed by atoms with van der Waals surface area (Å²) in [6.45, 7) is 1.79. The molecule has 0 heterocycles. The summed E-state index contributed by atoms with van der Waals surface area (Å²) in [5.74, 6) is 0. The summed E-state index contributed by atoms with van der Waals surface area (Å²) in [4.78, 5) is 0.153. The van der Waals surface area contributed by atoms with Gasteiger partial charge >= 0.3 is 0 Å². The lowest BCUT2D eigenvalue weighted by atomic mass is 10.2. The lowest BCUT2D eigenvalue weighted by Crippen LogP contribution is -2.14. The standard InChI is InChI=1S/C13H10Br2ClNO2S/c1-8-3-2-4-11(16)13(8)17-20(18,19)12-6-5-9(14)7-10(12)15/h2-7,17H,1H3. The molecule has 0 spiro atoms. The number of rotatable bonds is 3. The normalized spacial score (nSPS) is 11.4. The molecule has 0 fully saturated rings. The largest absolute Gasteiger partial charge is 0.278 e. The third-order valence-corrected chi connectivity index (χ3v) is 5.78. The average Bonchev–Trinajstić information content (AvgIpc) is 2.33. The van der Waals surface area contributed by atoms with Gasteiger partial charge in [0.05, 0.1) is 10.7 Å². The smallest absolute Gasteiger partial charge is 0.263 e. The fraction of sp³-hybridized carbons (Fsp3) is 0.0769. The minimum Gasteiger partial charge on any atom is -0.278 e. The Bertz CT molecular complexity index is 743. The van der Waals surface area contributed by atoms with Crippen LogP contribution in [-0.4, -0.2) is 8.42 Å². The van der Waals surface area contributed by atoms with E-state index in [0.29, 0.717) is 15.2 Å². The van der Waals surface area contributed by atoms with Gasteiger partial charge in [0.1, 0.15) is 4.90 Å². The molecule has 0 amide bonds. The van der Waals surface area contributed by atoms with E-state index in [1.807, 2.05) is 0 Å². The summed E-state index contributed by atoms with van der Waals surface area (Å²) in [7, 11) is -3.71. The highest BCUT2D eigenvalue weighted by Gasteiger charge is 2.19. The lowest BCUT2D eigenvalue weighted by Gasteiger charge is -2.13. The van der Waals surface area contributed by atoms with Crippen molar-refractivity contribution in [1.82, 2.24) is 0 Å². The Morgan fingerprint density at radius 3 is 2.45 bits per heavy atom. The first-order valence-electron chi connectivity index (χ1n) is 5.54. The Hall–Kier alpha value is -0.560. The monoisotopic (exact) mass is 437 g/mol. The first kappa shape index (κ1) is 15.8. The number of aryl methyl sites for hydroxylation is 1. The Balaban J connectivity index is 2.46. The summed E-state index contributed by atoms with van der Waals surface area (Å²) in [6.07, 6.45) is 0. The van der Waals surface area contributed by atoms with Crippen LogP contribution < -0.4 is 4.72 Å². The number of anilines is 1. The van der Waals surface area contributed by atoms with Gasteiger partial charge in [0, 0.05) is 8.95 Å². The molecule has 106 valence electrons. The van der Waals surface area contributed by atoms with Crippen molar-refractivity contribution in [3.8, 4) is 0 Å². The fourth-order valence-corrected chi connectivity index (χ4v) is 4.87. The molecule has 0 radical (unpaired) electrons. The highest BCUT2D eigenvalue weighted by Crippen LogP contribution is 2.31. The zero-order chi connectivity index (χ0) is 14.9. The van der Waals surface area contributed by atoms with Crippen molar-refractivity contribution in [2.75, 3.05) is 4.72 Å². The van der Waals surface area contributed by atoms with Gasteiger partial charge in [-0.25, -0.2) is 8.42 Å². The van der Waals surface area contributed by atoms with Crippen molar-refractivity contribution < 1.29 is 8.42 Å². The van der Waals surface area contributed by atoms with Gasteiger partial charge in [-0.2, -0.15) is 0 Å². The van der Waals surface area contributed by atoms with Crippen molar-refractivity contribution >= 4 is 59.2 Å². The van der Waals surface area contributed by atoms with E-state index in [-0.39, 0.29) is 4.90 Å².